The molecule has 2 fully saturated rings. The Morgan fingerprint density at radius 1 is 1.06 bits per heavy atom. The maximum Gasteiger partial charge on any atom is 0.295 e. The molecule has 1 N–H and O–H groups in total. The lowest BCUT2D eigenvalue weighted by atomic mass is 9.94. The molecule has 1 atom stereocenters. The summed E-state index contributed by atoms with van der Waals surface area (Å²) in [5, 5.41) is 11.1. The van der Waals surface area contributed by atoms with E-state index in [-0.39, 0.29) is 16.9 Å². The van der Waals surface area contributed by atoms with Crippen LogP contribution in [0.25, 0.3) is 5.76 Å². The maximum atomic E-state index is 13.5. The van der Waals surface area contributed by atoms with Crippen LogP contribution in [0.1, 0.15) is 23.6 Å². The van der Waals surface area contributed by atoms with Crippen LogP contribution in [0.4, 0.5) is 4.39 Å². The normalized spacial score (nSPS) is 20.3. The first-order valence-corrected chi connectivity index (χ1v) is 11.5. The van der Waals surface area contributed by atoms with Crippen molar-refractivity contribution in [3.8, 4) is 11.5 Å². The first-order valence-electron chi connectivity index (χ1n) is 11.5. The second-order valence-electron chi connectivity index (χ2n) is 8.41. The minimum Gasteiger partial charge on any atom is -0.507 e. The van der Waals surface area contributed by atoms with Gasteiger partial charge in [-0.1, -0.05) is 0 Å². The number of aliphatic hydroxyl groups excluding tert-OH is 1. The zero-order valence-corrected chi connectivity index (χ0v) is 19.8. The van der Waals surface area contributed by atoms with Crippen molar-refractivity contribution in [2.45, 2.75) is 12.5 Å². The third-order valence-electron chi connectivity index (χ3n) is 6.37. The summed E-state index contributed by atoms with van der Waals surface area (Å²) >= 11 is 0. The number of ether oxygens (including phenoxy) is 3. The number of Topliss-reactive ketones (excluding diaryl/α,β-unsaturated/α-hetero) is 1. The number of likely N-dealkylation sites (tertiary alicyclic amines) is 1. The average molecular weight is 485 g/mol. The van der Waals surface area contributed by atoms with Crippen molar-refractivity contribution < 1.29 is 33.3 Å². The molecule has 2 aliphatic rings. The number of morpholine rings is 1. The van der Waals surface area contributed by atoms with Crippen molar-refractivity contribution in [1.82, 2.24) is 9.80 Å². The number of aliphatic hydroxyl groups is 1. The van der Waals surface area contributed by atoms with Gasteiger partial charge in [0.05, 0.1) is 39.0 Å². The summed E-state index contributed by atoms with van der Waals surface area (Å²) < 4.78 is 29.8. The number of benzene rings is 2. The minimum atomic E-state index is -0.894. The lowest BCUT2D eigenvalue weighted by Gasteiger charge is -2.29. The van der Waals surface area contributed by atoms with Gasteiger partial charge in [-0.3, -0.25) is 14.5 Å². The molecule has 0 saturated carbocycles. The number of nitrogens with zero attached hydrogens (tertiary/aromatic N) is 2. The second-order valence-corrected chi connectivity index (χ2v) is 8.41. The Morgan fingerprint density at radius 3 is 2.43 bits per heavy atom. The van der Waals surface area contributed by atoms with Crippen molar-refractivity contribution in [2.24, 2.45) is 0 Å². The number of amides is 1. The predicted molar refractivity (Wildman–Crippen MR) is 127 cm³/mol. The monoisotopic (exact) mass is 484 g/mol. The second kappa shape index (κ2) is 10.9. The smallest absolute Gasteiger partial charge is 0.295 e. The fourth-order valence-corrected chi connectivity index (χ4v) is 4.54. The molecule has 0 spiro atoms. The largest absolute Gasteiger partial charge is 0.507 e. The van der Waals surface area contributed by atoms with E-state index in [2.05, 4.69) is 4.90 Å². The zero-order valence-electron chi connectivity index (χ0n) is 19.8. The van der Waals surface area contributed by atoms with Crippen molar-refractivity contribution in [3.05, 3.63) is 65.0 Å². The molecule has 2 saturated heterocycles. The molecule has 8 nitrogen and oxygen atoms in total. The predicted octanol–water partition coefficient (Wildman–Crippen LogP) is 2.99. The Hall–Kier alpha value is -3.43. The lowest BCUT2D eigenvalue weighted by molar-refractivity contribution is -0.140. The summed E-state index contributed by atoms with van der Waals surface area (Å²) in [5.41, 5.74) is 0.685. The molecule has 2 aromatic rings. The van der Waals surface area contributed by atoms with Crippen LogP contribution in [0.15, 0.2) is 48.0 Å². The quantitative estimate of drug-likeness (QED) is 0.350. The Morgan fingerprint density at radius 2 is 1.77 bits per heavy atom. The molecule has 186 valence electrons. The van der Waals surface area contributed by atoms with Gasteiger partial charge in [0.2, 0.25) is 0 Å². The summed E-state index contributed by atoms with van der Waals surface area (Å²) in [4.78, 5) is 30.1. The van der Waals surface area contributed by atoms with E-state index in [9.17, 15) is 19.1 Å². The van der Waals surface area contributed by atoms with E-state index in [1.807, 2.05) is 0 Å². The molecule has 0 aromatic heterocycles. The number of hydrogen-bond acceptors (Lipinski definition) is 7. The van der Waals surface area contributed by atoms with Gasteiger partial charge in [0.15, 0.2) is 0 Å². The van der Waals surface area contributed by atoms with Crippen molar-refractivity contribution in [1.29, 1.82) is 0 Å². The van der Waals surface area contributed by atoms with Crippen LogP contribution in [0, 0.1) is 5.82 Å². The molecule has 0 aliphatic carbocycles. The van der Waals surface area contributed by atoms with E-state index < -0.39 is 23.5 Å². The number of hydrogen-bond donors (Lipinski definition) is 1. The molecular weight excluding hydrogens is 455 g/mol. The number of methoxy groups -OCH3 is 2. The number of ketones is 1. The molecule has 2 aliphatic heterocycles. The Balaban J connectivity index is 1.75. The van der Waals surface area contributed by atoms with Gasteiger partial charge in [0.25, 0.3) is 11.7 Å². The van der Waals surface area contributed by atoms with Crippen molar-refractivity contribution in [3.63, 3.8) is 0 Å². The highest BCUT2D eigenvalue weighted by Gasteiger charge is 2.47. The summed E-state index contributed by atoms with van der Waals surface area (Å²) in [6.07, 6.45) is 0.631. The third-order valence-corrected chi connectivity index (χ3v) is 6.37. The summed E-state index contributed by atoms with van der Waals surface area (Å²) in [7, 11) is 3.01. The highest BCUT2D eigenvalue weighted by Crippen LogP contribution is 2.43. The number of carbonyl (C=O) groups excluding carboxylic acids is 2. The highest BCUT2D eigenvalue weighted by atomic mass is 19.1. The molecule has 0 radical (unpaired) electrons. The first-order chi connectivity index (χ1) is 16.9. The van der Waals surface area contributed by atoms with Gasteiger partial charge in [-0.05, 0) is 48.9 Å². The Labute approximate surface area is 203 Å². The summed E-state index contributed by atoms with van der Waals surface area (Å²) in [5.74, 6) is -1.38. The summed E-state index contributed by atoms with van der Waals surface area (Å²) in [6, 6.07) is 9.33. The van der Waals surface area contributed by atoms with Crippen LogP contribution in [-0.4, -0.2) is 80.2 Å². The molecule has 35 heavy (non-hydrogen) atoms. The van der Waals surface area contributed by atoms with E-state index in [0.717, 1.165) is 19.6 Å². The van der Waals surface area contributed by atoms with Crippen LogP contribution in [0.3, 0.4) is 0 Å². The van der Waals surface area contributed by atoms with Crippen LogP contribution in [0.5, 0.6) is 11.5 Å². The molecule has 4 rings (SSSR count). The molecule has 9 heteroatoms. The third kappa shape index (κ3) is 5.16. The fraction of sp³-hybridized carbons (Fsp3) is 0.385. The first kappa shape index (κ1) is 24.7. The van der Waals surface area contributed by atoms with Crippen molar-refractivity contribution in [2.75, 3.05) is 53.6 Å². The maximum absolute atomic E-state index is 13.5. The van der Waals surface area contributed by atoms with Crippen LogP contribution in [-0.2, 0) is 14.3 Å². The van der Waals surface area contributed by atoms with E-state index in [1.54, 1.807) is 18.2 Å². The molecular formula is C26H29FN2O6. The van der Waals surface area contributed by atoms with Crippen LogP contribution < -0.4 is 9.47 Å². The summed E-state index contributed by atoms with van der Waals surface area (Å²) in [6.45, 7) is 4.01. The van der Waals surface area contributed by atoms with Gasteiger partial charge in [0.1, 0.15) is 23.1 Å². The van der Waals surface area contributed by atoms with Crippen LogP contribution >= 0.6 is 0 Å². The van der Waals surface area contributed by atoms with Gasteiger partial charge >= 0.3 is 0 Å². The van der Waals surface area contributed by atoms with Gasteiger partial charge < -0.3 is 24.2 Å². The molecule has 2 aromatic carbocycles. The molecule has 0 unspecified atom stereocenters. The molecule has 0 bridgehead atoms. The van der Waals surface area contributed by atoms with E-state index >= 15 is 0 Å². The van der Waals surface area contributed by atoms with Gasteiger partial charge in [-0.15, -0.1) is 0 Å². The van der Waals surface area contributed by atoms with E-state index in [0.29, 0.717) is 43.2 Å². The fourth-order valence-electron chi connectivity index (χ4n) is 4.54. The van der Waals surface area contributed by atoms with Gasteiger partial charge in [0, 0.05) is 37.3 Å². The molecule has 2 heterocycles. The topological polar surface area (TPSA) is 88.5 Å². The van der Waals surface area contributed by atoms with Gasteiger partial charge in [-0.25, -0.2) is 4.39 Å². The lowest BCUT2D eigenvalue weighted by Crippen LogP contribution is -2.39. The standard InChI is InChI=1S/C26H29FN2O6/c1-33-19-8-9-21(34-2)20(16-19)23-22(24(30)17-4-6-18(27)7-5-17)25(31)26(32)29(23)11-3-10-28-12-14-35-15-13-28/h4-9,16,23,30H,3,10-15H2,1-2H3/t23-/m1/s1. The van der Waals surface area contributed by atoms with Crippen molar-refractivity contribution >= 4 is 17.4 Å². The number of carbonyl (C=O) groups is 2. The number of halogens is 1. The Kier molecular flexibility index (Phi) is 7.67. The van der Waals surface area contributed by atoms with Gasteiger partial charge in [-0.2, -0.15) is 0 Å². The zero-order chi connectivity index (χ0) is 24.9. The van der Waals surface area contributed by atoms with Crippen LogP contribution in [0.2, 0.25) is 0 Å². The Bertz CT molecular complexity index is 1110. The minimum absolute atomic E-state index is 0.0699. The molecule has 1 amide bonds. The van der Waals surface area contributed by atoms with E-state index in [4.69, 9.17) is 14.2 Å². The number of rotatable bonds is 8. The van der Waals surface area contributed by atoms with E-state index in [1.165, 1.54) is 43.4 Å². The highest BCUT2D eigenvalue weighted by molar-refractivity contribution is 6.46. The SMILES string of the molecule is COc1ccc(OC)c([C@@H]2C(=C(O)c3ccc(F)cc3)C(=O)C(=O)N2CCCN2CCOCC2)c1. The average Bonchev–Trinajstić information content (AvgIpc) is 3.14.